The van der Waals surface area contributed by atoms with Crippen molar-refractivity contribution in [3.63, 3.8) is 0 Å². The van der Waals surface area contributed by atoms with Gasteiger partial charge in [-0.1, -0.05) is 13.0 Å². The van der Waals surface area contributed by atoms with Gasteiger partial charge in [-0.25, -0.2) is 8.42 Å². The molecule has 2 aromatic rings. The normalized spacial score (nSPS) is 14.4. The molecule has 1 aromatic heterocycles. The highest BCUT2D eigenvalue weighted by Gasteiger charge is 2.29. The Morgan fingerprint density at radius 2 is 2.17 bits per heavy atom. The summed E-state index contributed by atoms with van der Waals surface area (Å²) in [5, 5.41) is 4.58. The molecule has 0 saturated carbocycles. The fourth-order valence-corrected chi connectivity index (χ4v) is 5.30. The van der Waals surface area contributed by atoms with E-state index in [-0.39, 0.29) is 5.91 Å². The first-order chi connectivity index (χ1) is 11.0. The van der Waals surface area contributed by atoms with E-state index >= 15 is 0 Å². The lowest BCUT2D eigenvalue weighted by Crippen LogP contribution is -2.35. The molecular weight excluding hydrogens is 332 g/mol. The Labute approximate surface area is 140 Å². The number of sulfonamides is 1. The van der Waals surface area contributed by atoms with Crippen LogP contribution in [0.15, 0.2) is 39.9 Å². The first kappa shape index (κ1) is 16.0. The maximum absolute atomic E-state index is 12.8. The molecule has 0 saturated heterocycles. The summed E-state index contributed by atoms with van der Waals surface area (Å²) in [6, 6.07) is 8.79. The molecule has 0 unspecified atom stereocenters. The Hall–Kier alpha value is -1.86. The van der Waals surface area contributed by atoms with Crippen molar-refractivity contribution in [3.05, 3.63) is 41.3 Å². The van der Waals surface area contributed by atoms with Crippen LogP contribution >= 0.6 is 11.3 Å². The van der Waals surface area contributed by atoms with Gasteiger partial charge in [0.15, 0.2) is 0 Å². The van der Waals surface area contributed by atoms with Gasteiger partial charge in [-0.05, 0) is 48.1 Å². The summed E-state index contributed by atoms with van der Waals surface area (Å²) in [7, 11) is -3.51. The van der Waals surface area contributed by atoms with Crippen LogP contribution in [0.3, 0.4) is 0 Å². The van der Waals surface area contributed by atoms with E-state index in [1.54, 1.807) is 36.6 Å². The van der Waals surface area contributed by atoms with Crippen LogP contribution in [0.2, 0.25) is 0 Å². The van der Waals surface area contributed by atoms with Crippen LogP contribution in [0.25, 0.3) is 0 Å². The Bertz CT molecular complexity index is 814. The van der Waals surface area contributed by atoms with E-state index in [4.69, 9.17) is 0 Å². The predicted octanol–water partition coefficient (Wildman–Crippen LogP) is 3.24. The quantitative estimate of drug-likeness (QED) is 0.920. The van der Waals surface area contributed by atoms with Gasteiger partial charge in [0.25, 0.3) is 10.0 Å². The number of nitrogens with zero attached hydrogens (tertiary/aromatic N) is 1. The number of amides is 1. The molecule has 0 radical (unpaired) electrons. The van der Waals surface area contributed by atoms with Crippen LogP contribution in [0.4, 0.5) is 11.4 Å². The Balaban J connectivity index is 1.96. The highest BCUT2D eigenvalue weighted by atomic mass is 32.2. The van der Waals surface area contributed by atoms with Crippen molar-refractivity contribution in [2.24, 2.45) is 0 Å². The summed E-state index contributed by atoms with van der Waals surface area (Å²) < 4.78 is 27.4. The van der Waals surface area contributed by atoms with E-state index in [0.717, 1.165) is 18.4 Å². The third-order valence-electron chi connectivity index (χ3n) is 3.80. The summed E-state index contributed by atoms with van der Waals surface area (Å²) in [6.45, 7) is 2.27. The molecule has 1 aromatic carbocycles. The lowest BCUT2D eigenvalue weighted by atomic mass is 10.0. The maximum Gasteiger partial charge on any atom is 0.273 e. The molecule has 3 rings (SSSR count). The molecule has 1 N–H and O–H groups in total. The first-order valence-corrected chi connectivity index (χ1v) is 9.83. The number of fused-ring (bicyclic) bond motifs is 1. The molecule has 0 aliphatic carbocycles. The molecule has 1 amide bonds. The SMILES string of the molecule is CCC(=O)Nc1ccc2c(c1)CCCN2S(=O)(=O)c1cccs1. The van der Waals surface area contributed by atoms with Gasteiger partial charge in [-0.2, -0.15) is 0 Å². The smallest absolute Gasteiger partial charge is 0.273 e. The van der Waals surface area contributed by atoms with Crippen LogP contribution in [0.1, 0.15) is 25.3 Å². The number of hydrogen-bond acceptors (Lipinski definition) is 4. The topological polar surface area (TPSA) is 66.5 Å². The first-order valence-electron chi connectivity index (χ1n) is 7.51. The van der Waals surface area contributed by atoms with E-state index in [0.29, 0.717) is 28.5 Å². The zero-order chi connectivity index (χ0) is 16.4. The average molecular weight is 350 g/mol. The second kappa shape index (κ2) is 6.33. The highest BCUT2D eigenvalue weighted by Crippen LogP contribution is 2.34. The van der Waals surface area contributed by atoms with Gasteiger partial charge in [0.2, 0.25) is 5.91 Å². The van der Waals surface area contributed by atoms with E-state index in [9.17, 15) is 13.2 Å². The molecule has 1 aliphatic rings. The van der Waals surface area contributed by atoms with Gasteiger partial charge in [0.1, 0.15) is 4.21 Å². The number of hydrogen-bond donors (Lipinski definition) is 1. The van der Waals surface area contributed by atoms with E-state index in [1.165, 1.54) is 15.6 Å². The van der Waals surface area contributed by atoms with Gasteiger partial charge in [-0.3, -0.25) is 9.10 Å². The van der Waals surface area contributed by atoms with E-state index in [2.05, 4.69) is 5.32 Å². The van der Waals surface area contributed by atoms with E-state index in [1.807, 2.05) is 6.07 Å². The summed E-state index contributed by atoms with van der Waals surface area (Å²) in [5.74, 6) is -0.0520. The fraction of sp³-hybridized carbons (Fsp3) is 0.312. The number of nitrogens with one attached hydrogen (secondary N) is 1. The number of carbonyl (C=O) groups excluding carboxylic acids is 1. The van der Waals surface area contributed by atoms with Crippen LogP contribution in [-0.4, -0.2) is 20.9 Å². The van der Waals surface area contributed by atoms with Crippen molar-refractivity contribution >= 4 is 38.6 Å². The molecular formula is C16H18N2O3S2. The predicted molar refractivity (Wildman–Crippen MR) is 92.5 cm³/mol. The number of anilines is 2. The van der Waals surface area contributed by atoms with Crippen molar-refractivity contribution < 1.29 is 13.2 Å². The van der Waals surface area contributed by atoms with Crippen LogP contribution in [-0.2, 0) is 21.2 Å². The second-order valence-electron chi connectivity index (χ2n) is 5.36. The standard InChI is InChI=1S/C16H18N2O3S2/c1-2-15(19)17-13-7-8-14-12(11-13)5-3-9-18(14)23(20,21)16-6-4-10-22-16/h4,6-8,10-11H,2-3,5,9H2,1H3,(H,17,19). The van der Waals surface area contributed by atoms with Gasteiger partial charge in [0, 0.05) is 18.7 Å². The second-order valence-corrected chi connectivity index (χ2v) is 8.39. The molecule has 0 fully saturated rings. The van der Waals surface area contributed by atoms with Gasteiger partial charge in [-0.15, -0.1) is 11.3 Å². The molecule has 1 aliphatic heterocycles. The maximum atomic E-state index is 12.8. The van der Waals surface area contributed by atoms with Crippen molar-refractivity contribution in [2.75, 3.05) is 16.2 Å². The van der Waals surface area contributed by atoms with Crippen LogP contribution in [0.5, 0.6) is 0 Å². The van der Waals surface area contributed by atoms with Gasteiger partial charge < -0.3 is 5.32 Å². The molecule has 7 heteroatoms. The van der Waals surface area contributed by atoms with Crippen molar-refractivity contribution in [1.82, 2.24) is 0 Å². The lowest BCUT2D eigenvalue weighted by Gasteiger charge is -2.30. The molecule has 122 valence electrons. The molecule has 0 atom stereocenters. The number of thiophene rings is 1. The number of aryl methyl sites for hydroxylation is 1. The Morgan fingerprint density at radius 3 is 2.87 bits per heavy atom. The minimum atomic E-state index is -3.51. The highest BCUT2D eigenvalue weighted by molar-refractivity contribution is 7.94. The zero-order valence-corrected chi connectivity index (χ0v) is 14.4. The number of carbonyl (C=O) groups is 1. The van der Waals surface area contributed by atoms with Gasteiger partial charge >= 0.3 is 0 Å². The third kappa shape index (κ3) is 3.11. The summed E-state index contributed by atoms with van der Waals surface area (Å²) in [5.41, 5.74) is 2.37. The Morgan fingerprint density at radius 1 is 1.35 bits per heavy atom. The zero-order valence-electron chi connectivity index (χ0n) is 12.8. The minimum Gasteiger partial charge on any atom is -0.326 e. The Kier molecular flexibility index (Phi) is 4.41. The molecule has 23 heavy (non-hydrogen) atoms. The van der Waals surface area contributed by atoms with Crippen molar-refractivity contribution in [2.45, 2.75) is 30.4 Å². The minimum absolute atomic E-state index is 0.0520. The van der Waals surface area contributed by atoms with E-state index < -0.39 is 10.0 Å². The molecule has 5 nitrogen and oxygen atoms in total. The van der Waals surface area contributed by atoms with Crippen LogP contribution < -0.4 is 9.62 Å². The average Bonchev–Trinajstić information content (AvgIpc) is 3.09. The largest absolute Gasteiger partial charge is 0.326 e. The molecule has 0 spiro atoms. The summed E-state index contributed by atoms with van der Waals surface area (Å²) in [4.78, 5) is 11.5. The molecule has 2 heterocycles. The van der Waals surface area contributed by atoms with Crippen molar-refractivity contribution in [3.8, 4) is 0 Å². The lowest BCUT2D eigenvalue weighted by molar-refractivity contribution is -0.115. The van der Waals surface area contributed by atoms with Gasteiger partial charge in [0.05, 0.1) is 5.69 Å². The summed E-state index contributed by atoms with van der Waals surface area (Å²) in [6.07, 6.45) is 1.99. The van der Waals surface area contributed by atoms with Crippen molar-refractivity contribution in [1.29, 1.82) is 0 Å². The van der Waals surface area contributed by atoms with Crippen LogP contribution in [0, 0.1) is 0 Å². The number of benzene rings is 1. The summed E-state index contributed by atoms with van der Waals surface area (Å²) >= 11 is 1.23. The third-order valence-corrected chi connectivity index (χ3v) is 6.99. The number of rotatable bonds is 4. The monoisotopic (exact) mass is 350 g/mol. The fourth-order valence-electron chi connectivity index (χ4n) is 2.66. The molecule has 0 bridgehead atoms.